The number of nitrogens with one attached hydrogen (secondary N) is 1. The second-order valence-electron chi connectivity index (χ2n) is 10.2. The highest BCUT2D eigenvalue weighted by Gasteiger charge is 2.27. The van der Waals surface area contributed by atoms with Crippen molar-refractivity contribution in [2.75, 3.05) is 5.73 Å². The number of aromatic nitrogens is 6. The summed E-state index contributed by atoms with van der Waals surface area (Å²) in [6.45, 7) is 1.72. The number of aldehydes is 1. The van der Waals surface area contributed by atoms with Crippen molar-refractivity contribution < 1.29 is 19.2 Å². The number of anilines is 1. The number of pyridine rings is 2. The third kappa shape index (κ3) is 4.54. The van der Waals surface area contributed by atoms with Crippen LogP contribution in [0.2, 0.25) is 0 Å². The topological polar surface area (TPSA) is 175 Å². The van der Waals surface area contributed by atoms with Gasteiger partial charge in [-0.3, -0.25) is 14.2 Å². The van der Waals surface area contributed by atoms with Crippen LogP contribution < -0.4 is 11.1 Å². The van der Waals surface area contributed by atoms with Crippen LogP contribution in [0, 0.1) is 6.92 Å². The zero-order valence-corrected chi connectivity index (χ0v) is 22.9. The molecule has 12 nitrogen and oxygen atoms in total. The number of phenols is 1. The molecule has 212 valence electrons. The number of nitrogen functional groups attached to an aromatic ring is 1. The molecular weight excluding hydrogens is 548 g/mol. The number of amides is 1. The molecule has 6 aromatic rings. The van der Waals surface area contributed by atoms with Crippen LogP contribution >= 0.6 is 0 Å². The van der Waals surface area contributed by atoms with E-state index >= 15 is 0 Å². The molecule has 0 aliphatic heterocycles. The van der Waals surface area contributed by atoms with Crippen molar-refractivity contribution in [1.29, 1.82) is 0 Å². The van der Waals surface area contributed by atoms with Crippen LogP contribution in [-0.2, 0) is 6.42 Å². The Morgan fingerprint density at radius 2 is 2.00 bits per heavy atom. The molecule has 0 bridgehead atoms. The molecule has 4 aromatic heterocycles. The summed E-state index contributed by atoms with van der Waals surface area (Å²) in [6.07, 6.45) is 3.59. The quantitative estimate of drug-likeness (QED) is 0.243. The minimum atomic E-state index is -0.326. The summed E-state index contributed by atoms with van der Waals surface area (Å²) in [6, 6.07) is 17.3. The van der Waals surface area contributed by atoms with Gasteiger partial charge in [0.25, 0.3) is 5.91 Å². The Hall–Kier alpha value is -5.91. The summed E-state index contributed by atoms with van der Waals surface area (Å²) < 4.78 is 7.10. The zero-order valence-electron chi connectivity index (χ0n) is 22.9. The van der Waals surface area contributed by atoms with Crippen LogP contribution in [0.3, 0.4) is 0 Å². The van der Waals surface area contributed by atoms with Gasteiger partial charge >= 0.3 is 0 Å². The first-order valence-electron chi connectivity index (χ1n) is 13.5. The van der Waals surface area contributed by atoms with E-state index in [0.717, 1.165) is 23.2 Å². The molecule has 1 aliphatic carbocycles. The Balaban J connectivity index is 1.29. The van der Waals surface area contributed by atoms with Crippen molar-refractivity contribution in [2.24, 2.45) is 0 Å². The van der Waals surface area contributed by atoms with Crippen LogP contribution in [0.1, 0.15) is 50.2 Å². The molecule has 0 fully saturated rings. The van der Waals surface area contributed by atoms with Gasteiger partial charge in [-0.1, -0.05) is 11.2 Å². The molecule has 0 saturated carbocycles. The minimum absolute atomic E-state index is 0.0629. The molecule has 1 atom stereocenters. The lowest BCUT2D eigenvalue weighted by Gasteiger charge is -2.16. The van der Waals surface area contributed by atoms with E-state index in [9.17, 15) is 14.7 Å². The van der Waals surface area contributed by atoms with Crippen molar-refractivity contribution in [3.63, 3.8) is 0 Å². The zero-order chi connectivity index (χ0) is 29.7. The predicted octanol–water partition coefficient (Wildman–Crippen LogP) is 4.36. The number of carbonyl (C=O) groups is 2. The minimum Gasteiger partial charge on any atom is -0.507 e. The first kappa shape index (κ1) is 26.0. The smallest absolute Gasteiger partial charge is 0.251 e. The van der Waals surface area contributed by atoms with Gasteiger partial charge in [0.15, 0.2) is 17.8 Å². The van der Waals surface area contributed by atoms with Gasteiger partial charge in [0.05, 0.1) is 17.2 Å². The Bertz CT molecular complexity index is 2060. The van der Waals surface area contributed by atoms with E-state index in [4.69, 9.17) is 20.2 Å². The summed E-state index contributed by atoms with van der Waals surface area (Å²) in [7, 11) is 0. The standard InChI is InChI=1S/C31H24N8O4/c1-16-34-28(38-43-16)24-9-10-25-30(35-24)39(29(36-25)22-3-2-12-33-27(22)32)20-6-7-21-17(14-20)4-8-23(21)37-31(42)18-5-11-26(41)19(13-18)15-40/h2-3,5-7,9-15,23,41H,4,8H2,1H3,(H2,32,33)(H,37,42)/t23-/m0/s1. The lowest BCUT2D eigenvalue weighted by Crippen LogP contribution is -2.27. The third-order valence-electron chi connectivity index (χ3n) is 7.53. The van der Waals surface area contributed by atoms with Crippen molar-refractivity contribution in [1.82, 2.24) is 35.0 Å². The predicted molar refractivity (Wildman–Crippen MR) is 157 cm³/mol. The highest BCUT2D eigenvalue weighted by Crippen LogP contribution is 2.36. The Morgan fingerprint density at radius 1 is 1.12 bits per heavy atom. The molecule has 0 saturated heterocycles. The number of benzene rings is 2. The van der Waals surface area contributed by atoms with Gasteiger partial charge in [-0.15, -0.1) is 0 Å². The molecule has 1 aliphatic rings. The Kier molecular flexibility index (Phi) is 6.16. The first-order chi connectivity index (χ1) is 20.9. The average molecular weight is 573 g/mol. The molecule has 43 heavy (non-hydrogen) atoms. The summed E-state index contributed by atoms with van der Waals surface area (Å²) in [5.74, 6) is 1.23. The number of aromatic hydroxyl groups is 1. The molecular formula is C31H24N8O4. The van der Waals surface area contributed by atoms with Gasteiger partial charge in [-0.05, 0) is 78.6 Å². The SMILES string of the molecule is Cc1nc(-c2ccc3nc(-c4cccnc4N)n(-c4ccc5c(c4)CC[C@@H]5NC(=O)c4ccc(O)c(C=O)c4)c3n2)no1. The summed E-state index contributed by atoms with van der Waals surface area (Å²) >= 11 is 0. The molecule has 12 heteroatoms. The number of nitrogens with zero attached hydrogens (tertiary/aromatic N) is 6. The summed E-state index contributed by atoms with van der Waals surface area (Å²) in [4.78, 5) is 42.6. The number of hydrogen-bond acceptors (Lipinski definition) is 10. The van der Waals surface area contributed by atoms with Crippen LogP contribution in [0.5, 0.6) is 5.75 Å². The van der Waals surface area contributed by atoms with Crippen LogP contribution in [-0.4, -0.2) is 47.0 Å². The highest BCUT2D eigenvalue weighted by molar-refractivity contribution is 5.96. The fourth-order valence-electron chi connectivity index (χ4n) is 5.44. The molecule has 7 rings (SSSR count). The fourth-order valence-corrected chi connectivity index (χ4v) is 5.44. The summed E-state index contributed by atoms with van der Waals surface area (Å²) in [5, 5.41) is 16.9. The van der Waals surface area contributed by atoms with Gasteiger partial charge in [-0.25, -0.2) is 15.0 Å². The number of rotatable bonds is 6. The maximum atomic E-state index is 13.0. The lowest BCUT2D eigenvalue weighted by molar-refractivity contribution is 0.0936. The molecule has 1 amide bonds. The van der Waals surface area contributed by atoms with Crippen LogP contribution in [0.25, 0.3) is 39.8 Å². The number of nitrogens with two attached hydrogens (primary N) is 1. The third-order valence-corrected chi connectivity index (χ3v) is 7.53. The normalized spacial score (nSPS) is 14.1. The van der Waals surface area contributed by atoms with E-state index in [0.29, 0.717) is 64.0 Å². The maximum absolute atomic E-state index is 13.0. The maximum Gasteiger partial charge on any atom is 0.251 e. The van der Waals surface area contributed by atoms with Crippen LogP contribution in [0.15, 0.2) is 71.4 Å². The molecule has 0 radical (unpaired) electrons. The van der Waals surface area contributed by atoms with Gasteiger partial charge in [0.2, 0.25) is 11.7 Å². The van der Waals surface area contributed by atoms with Gasteiger partial charge in [0, 0.05) is 24.4 Å². The molecule has 4 N–H and O–H groups in total. The molecule has 0 unspecified atom stereocenters. The molecule has 2 aromatic carbocycles. The van der Waals surface area contributed by atoms with Gasteiger partial charge in [-0.2, -0.15) is 4.98 Å². The molecule has 4 heterocycles. The van der Waals surface area contributed by atoms with Gasteiger partial charge < -0.3 is 20.7 Å². The van der Waals surface area contributed by atoms with Crippen molar-refractivity contribution >= 4 is 29.2 Å². The number of fused-ring (bicyclic) bond motifs is 2. The van der Waals surface area contributed by atoms with E-state index in [1.54, 1.807) is 25.3 Å². The monoisotopic (exact) mass is 572 g/mol. The fraction of sp³-hybridized carbons (Fsp3) is 0.129. The van der Waals surface area contributed by atoms with Crippen molar-refractivity contribution in [3.8, 4) is 34.3 Å². The number of aryl methyl sites for hydroxylation is 2. The lowest BCUT2D eigenvalue weighted by atomic mass is 10.1. The van der Waals surface area contributed by atoms with E-state index in [2.05, 4.69) is 26.5 Å². The number of imidazole rings is 1. The molecule has 0 spiro atoms. The van der Waals surface area contributed by atoms with E-state index < -0.39 is 0 Å². The van der Waals surface area contributed by atoms with Crippen molar-refractivity contribution in [3.05, 3.63) is 95.0 Å². The van der Waals surface area contributed by atoms with Crippen molar-refractivity contribution in [2.45, 2.75) is 25.8 Å². The Morgan fingerprint density at radius 3 is 2.79 bits per heavy atom. The number of phenolic OH excluding ortho intramolecular Hbond substituents is 1. The van der Waals surface area contributed by atoms with Crippen LogP contribution in [0.4, 0.5) is 5.82 Å². The second kappa shape index (κ2) is 10.2. The second-order valence-corrected chi connectivity index (χ2v) is 10.2. The Labute approximate surface area is 244 Å². The average Bonchev–Trinajstić information content (AvgIpc) is 3.73. The number of hydrogen-bond donors (Lipinski definition) is 3. The summed E-state index contributed by atoms with van der Waals surface area (Å²) in [5.41, 5.74) is 11.9. The van der Waals surface area contributed by atoms with E-state index in [1.165, 1.54) is 18.2 Å². The largest absolute Gasteiger partial charge is 0.507 e. The first-order valence-corrected chi connectivity index (χ1v) is 13.5. The highest BCUT2D eigenvalue weighted by atomic mass is 16.5. The van der Waals surface area contributed by atoms with Gasteiger partial charge in [0.1, 0.15) is 22.8 Å². The van der Waals surface area contributed by atoms with E-state index in [-0.39, 0.29) is 23.3 Å². The number of carbonyl (C=O) groups excluding carboxylic acids is 2. The van der Waals surface area contributed by atoms with E-state index in [1.807, 2.05) is 28.8 Å².